The second-order valence-electron chi connectivity index (χ2n) is 3.67. The number of nitrogens with zero attached hydrogens (tertiary/aromatic N) is 1. The monoisotopic (exact) mass is 320 g/mol. The molecule has 0 saturated heterocycles. The second-order valence-corrected chi connectivity index (χ2v) is 5.87. The van der Waals surface area contributed by atoms with Crippen molar-refractivity contribution in [3.05, 3.63) is 50.1 Å². The van der Waals surface area contributed by atoms with Crippen molar-refractivity contribution in [1.29, 1.82) is 5.26 Å². The van der Waals surface area contributed by atoms with Crippen molar-refractivity contribution < 1.29 is 4.79 Å². The number of hydrogen-bond acceptors (Lipinski definition) is 3. The maximum atomic E-state index is 12.0. The first-order valence-corrected chi connectivity index (χ1v) is 6.78. The summed E-state index contributed by atoms with van der Waals surface area (Å²) in [6, 6.07) is 10.9. The third-order valence-electron chi connectivity index (χ3n) is 2.31. The predicted octanol–water partition coefficient (Wildman–Crippen LogP) is 3.94. The Morgan fingerprint density at radius 3 is 2.78 bits per heavy atom. The van der Waals surface area contributed by atoms with Crippen LogP contribution in [0.4, 0.5) is 5.69 Å². The summed E-state index contributed by atoms with van der Waals surface area (Å²) < 4.78 is 0.809. The van der Waals surface area contributed by atoms with E-state index < -0.39 is 0 Å². The van der Waals surface area contributed by atoms with Crippen LogP contribution in [-0.4, -0.2) is 5.91 Å². The number of amides is 1. The van der Waals surface area contributed by atoms with Gasteiger partial charge in [-0.3, -0.25) is 4.79 Å². The van der Waals surface area contributed by atoms with E-state index >= 15 is 0 Å². The number of thiophene rings is 1. The lowest BCUT2D eigenvalue weighted by atomic mass is 10.2. The smallest absolute Gasteiger partial charge is 0.265 e. The Morgan fingerprint density at radius 2 is 2.17 bits per heavy atom. The minimum atomic E-state index is -0.188. The van der Waals surface area contributed by atoms with E-state index in [1.54, 1.807) is 24.3 Å². The number of anilines is 1. The zero-order chi connectivity index (χ0) is 13.1. The highest BCUT2D eigenvalue weighted by atomic mass is 79.9. The number of halogens is 1. The van der Waals surface area contributed by atoms with Gasteiger partial charge in [-0.15, -0.1) is 11.3 Å². The summed E-state index contributed by atoms with van der Waals surface area (Å²) >= 11 is 4.72. The number of benzene rings is 1. The zero-order valence-electron chi connectivity index (χ0n) is 9.53. The first kappa shape index (κ1) is 12.8. The largest absolute Gasteiger partial charge is 0.320 e. The highest BCUT2D eigenvalue weighted by Crippen LogP contribution is 2.22. The molecule has 3 nitrogen and oxygen atoms in total. The number of nitriles is 1. The molecule has 0 radical (unpaired) electrons. The molecule has 1 N–H and O–H groups in total. The Balaban J connectivity index is 2.25. The first-order chi connectivity index (χ1) is 8.60. The normalized spacial score (nSPS) is 9.83. The SMILES string of the molecule is Cc1ccc(C(=O)Nc2ccc(Br)cc2C#N)s1. The van der Waals surface area contributed by atoms with Crippen LogP contribution in [0.15, 0.2) is 34.8 Å². The van der Waals surface area contributed by atoms with Crippen LogP contribution in [-0.2, 0) is 0 Å². The average molecular weight is 321 g/mol. The molecule has 0 saturated carbocycles. The van der Waals surface area contributed by atoms with Crippen molar-refractivity contribution in [1.82, 2.24) is 0 Å². The van der Waals surface area contributed by atoms with Gasteiger partial charge in [-0.05, 0) is 37.3 Å². The summed E-state index contributed by atoms with van der Waals surface area (Å²) in [4.78, 5) is 13.7. The maximum Gasteiger partial charge on any atom is 0.265 e. The maximum absolute atomic E-state index is 12.0. The molecule has 0 aliphatic heterocycles. The third-order valence-corrected chi connectivity index (χ3v) is 3.81. The van der Waals surface area contributed by atoms with E-state index in [4.69, 9.17) is 5.26 Å². The molecule has 1 aromatic heterocycles. The molecule has 1 heterocycles. The van der Waals surface area contributed by atoms with Crippen molar-refractivity contribution >= 4 is 38.9 Å². The van der Waals surface area contributed by atoms with Gasteiger partial charge < -0.3 is 5.32 Å². The molecule has 0 fully saturated rings. The lowest BCUT2D eigenvalue weighted by Crippen LogP contribution is -2.11. The highest BCUT2D eigenvalue weighted by Gasteiger charge is 2.11. The molecule has 0 bridgehead atoms. The Labute approximate surface area is 117 Å². The molecular formula is C13H9BrN2OS. The molecule has 18 heavy (non-hydrogen) atoms. The van der Waals surface area contributed by atoms with Gasteiger partial charge in [0.2, 0.25) is 0 Å². The van der Waals surface area contributed by atoms with Gasteiger partial charge in [0, 0.05) is 9.35 Å². The van der Waals surface area contributed by atoms with Crippen LogP contribution in [0.1, 0.15) is 20.1 Å². The summed E-state index contributed by atoms with van der Waals surface area (Å²) in [7, 11) is 0. The fraction of sp³-hybridized carbons (Fsp3) is 0.0769. The lowest BCUT2D eigenvalue weighted by molar-refractivity contribution is 0.103. The predicted molar refractivity (Wildman–Crippen MR) is 75.9 cm³/mol. The Morgan fingerprint density at radius 1 is 1.39 bits per heavy atom. The number of hydrogen-bond donors (Lipinski definition) is 1. The van der Waals surface area contributed by atoms with Gasteiger partial charge in [-0.25, -0.2) is 0 Å². The van der Waals surface area contributed by atoms with Gasteiger partial charge in [-0.1, -0.05) is 15.9 Å². The van der Waals surface area contributed by atoms with Crippen molar-refractivity contribution in [2.45, 2.75) is 6.92 Å². The Bertz CT molecular complexity index is 643. The van der Waals surface area contributed by atoms with Gasteiger partial charge in [0.25, 0.3) is 5.91 Å². The van der Waals surface area contributed by atoms with Gasteiger partial charge in [0.05, 0.1) is 16.1 Å². The molecule has 0 atom stereocenters. The number of nitrogens with one attached hydrogen (secondary N) is 1. The molecule has 2 aromatic rings. The van der Waals surface area contributed by atoms with E-state index in [9.17, 15) is 4.79 Å². The van der Waals surface area contributed by atoms with Crippen LogP contribution >= 0.6 is 27.3 Å². The van der Waals surface area contributed by atoms with Crippen molar-refractivity contribution in [2.75, 3.05) is 5.32 Å². The third kappa shape index (κ3) is 2.78. The molecule has 2 rings (SSSR count). The molecule has 0 aliphatic rings. The molecule has 5 heteroatoms. The van der Waals surface area contributed by atoms with Crippen molar-refractivity contribution in [2.24, 2.45) is 0 Å². The minimum absolute atomic E-state index is 0.188. The fourth-order valence-corrected chi connectivity index (χ4v) is 2.58. The van der Waals surface area contributed by atoms with Crippen LogP contribution < -0.4 is 5.32 Å². The second kappa shape index (κ2) is 5.34. The standard InChI is InChI=1S/C13H9BrN2OS/c1-8-2-5-12(18-8)13(17)16-11-4-3-10(14)6-9(11)7-15/h2-6H,1H3,(H,16,17). The summed E-state index contributed by atoms with van der Waals surface area (Å²) in [6.07, 6.45) is 0. The van der Waals surface area contributed by atoms with Gasteiger partial charge in [-0.2, -0.15) is 5.26 Å². The lowest BCUT2D eigenvalue weighted by Gasteiger charge is -2.05. The summed E-state index contributed by atoms with van der Waals surface area (Å²) in [5.41, 5.74) is 0.961. The first-order valence-electron chi connectivity index (χ1n) is 5.17. The Hall–Kier alpha value is -1.64. The van der Waals surface area contributed by atoms with E-state index in [2.05, 4.69) is 27.3 Å². The van der Waals surface area contributed by atoms with E-state index in [0.717, 1.165) is 9.35 Å². The molecule has 90 valence electrons. The van der Waals surface area contributed by atoms with Crippen LogP contribution in [0.5, 0.6) is 0 Å². The molecule has 0 unspecified atom stereocenters. The zero-order valence-corrected chi connectivity index (χ0v) is 11.9. The van der Waals surface area contributed by atoms with Crippen LogP contribution in [0.25, 0.3) is 0 Å². The molecular weight excluding hydrogens is 312 g/mol. The minimum Gasteiger partial charge on any atom is -0.320 e. The quantitative estimate of drug-likeness (QED) is 0.911. The topological polar surface area (TPSA) is 52.9 Å². The summed E-state index contributed by atoms with van der Waals surface area (Å²) in [5.74, 6) is -0.188. The van der Waals surface area contributed by atoms with Gasteiger partial charge >= 0.3 is 0 Å². The van der Waals surface area contributed by atoms with E-state index in [0.29, 0.717) is 16.1 Å². The fourth-order valence-electron chi connectivity index (χ4n) is 1.46. The van der Waals surface area contributed by atoms with E-state index in [1.165, 1.54) is 11.3 Å². The van der Waals surface area contributed by atoms with Crippen molar-refractivity contribution in [3.8, 4) is 6.07 Å². The average Bonchev–Trinajstić information content (AvgIpc) is 2.78. The Kier molecular flexibility index (Phi) is 3.80. The summed E-state index contributed by atoms with van der Waals surface area (Å²) in [6.45, 7) is 1.95. The molecule has 1 aromatic carbocycles. The highest BCUT2D eigenvalue weighted by molar-refractivity contribution is 9.10. The molecule has 0 spiro atoms. The van der Waals surface area contributed by atoms with Gasteiger partial charge in [0.1, 0.15) is 6.07 Å². The van der Waals surface area contributed by atoms with Crippen LogP contribution in [0, 0.1) is 18.3 Å². The number of carbonyl (C=O) groups excluding carboxylic acids is 1. The van der Waals surface area contributed by atoms with Crippen molar-refractivity contribution in [3.63, 3.8) is 0 Å². The number of aryl methyl sites for hydroxylation is 1. The van der Waals surface area contributed by atoms with Crippen LogP contribution in [0.2, 0.25) is 0 Å². The molecule has 1 amide bonds. The molecule has 0 aliphatic carbocycles. The summed E-state index contributed by atoms with van der Waals surface area (Å²) in [5, 5.41) is 11.8. The van der Waals surface area contributed by atoms with E-state index in [-0.39, 0.29) is 5.91 Å². The van der Waals surface area contributed by atoms with E-state index in [1.807, 2.05) is 13.0 Å². The number of carbonyl (C=O) groups is 1. The number of rotatable bonds is 2. The van der Waals surface area contributed by atoms with Crippen LogP contribution in [0.3, 0.4) is 0 Å². The van der Waals surface area contributed by atoms with Gasteiger partial charge in [0.15, 0.2) is 0 Å².